The molecule has 0 radical (unpaired) electrons. The molecule has 2 aromatic heterocycles. The van der Waals surface area contributed by atoms with Crippen LogP contribution in [0.25, 0.3) is 0 Å². The number of carbonyl (C=O) groups is 2. The summed E-state index contributed by atoms with van der Waals surface area (Å²) in [5.41, 5.74) is 2.49. The first-order valence-electron chi connectivity index (χ1n) is 9.45. The largest absolute Gasteiger partial charge is 0.351 e. The monoisotopic (exact) mass is 417 g/mol. The zero-order valence-electron chi connectivity index (χ0n) is 15.1. The zero-order chi connectivity index (χ0) is 19.3. The first kappa shape index (κ1) is 17.9. The van der Waals surface area contributed by atoms with E-state index >= 15 is 0 Å². The highest BCUT2D eigenvalue weighted by Gasteiger charge is 2.31. The van der Waals surface area contributed by atoms with E-state index in [2.05, 4.69) is 20.6 Å². The molecule has 2 aliphatic heterocycles. The van der Waals surface area contributed by atoms with Gasteiger partial charge < -0.3 is 10.6 Å². The van der Waals surface area contributed by atoms with Crippen LogP contribution in [0, 0.1) is 0 Å². The van der Waals surface area contributed by atoms with Gasteiger partial charge in [-0.2, -0.15) is 0 Å². The molecule has 4 heterocycles. The summed E-state index contributed by atoms with van der Waals surface area (Å²) in [4.78, 5) is 47.1. The minimum atomic E-state index is -0.202. The molecular weight excluding hydrogens is 398 g/mol. The van der Waals surface area contributed by atoms with Crippen molar-refractivity contribution >= 4 is 40.0 Å². The van der Waals surface area contributed by atoms with Gasteiger partial charge in [0.25, 0.3) is 11.5 Å². The van der Waals surface area contributed by atoms with E-state index in [4.69, 9.17) is 0 Å². The van der Waals surface area contributed by atoms with Gasteiger partial charge in [-0.1, -0.05) is 23.1 Å². The average molecular weight is 418 g/mol. The minimum Gasteiger partial charge on any atom is -0.351 e. The number of amides is 2. The Morgan fingerprint density at radius 3 is 2.93 bits per heavy atom. The normalized spacial score (nSPS) is 20.1. The molecule has 2 amide bonds. The average Bonchev–Trinajstić information content (AvgIpc) is 3.36. The van der Waals surface area contributed by atoms with Gasteiger partial charge in [-0.05, 0) is 32.1 Å². The molecule has 10 heteroatoms. The molecule has 0 fully saturated rings. The maximum Gasteiger partial charge on any atom is 0.263 e. The van der Waals surface area contributed by atoms with Crippen LogP contribution in [0.2, 0.25) is 0 Å². The van der Waals surface area contributed by atoms with Crippen LogP contribution < -0.4 is 16.2 Å². The maximum absolute atomic E-state index is 12.8. The van der Waals surface area contributed by atoms with E-state index in [0.29, 0.717) is 22.3 Å². The van der Waals surface area contributed by atoms with Crippen LogP contribution in [0.5, 0.6) is 0 Å². The summed E-state index contributed by atoms with van der Waals surface area (Å²) >= 11 is 2.74. The van der Waals surface area contributed by atoms with Crippen molar-refractivity contribution in [2.24, 2.45) is 0 Å². The van der Waals surface area contributed by atoms with Crippen molar-refractivity contribution < 1.29 is 9.59 Å². The molecule has 8 nitrogen and oxygen atoms in total. The Hall–Kier alpha value is -2.20. The van der Waals surface area contributed by atoms with E-state index in [-0.39, 0.29) is 29.8 Å². The fourth-order valence-corrected chi connectivity index (χ4v) is 6.08. The van der Waals surface area contributed by atoms with Gasteiger partial charge in [0.2, 0.25) is 5.91 Å². The molecule has 2 N–H and O–H groups in total. The lowest BCUT2D eigenvalue weighted by Crippen LogP contribution is -2.30. The lowest BCUT2D eigenvalue weighted by molar-refractivity contribution is -0.116. The number of anilines is 1. The van der Waals surface area contributed by atoms with Crippen molar-refractivity contribution in [1.29, 1.82) is 0 Å². The lowest BCUT2D eigenvalue weighted by Gasteiger charge is -2.13. The fraction of sp³-hybridized carbons (Fsp3) is 0.500. The molecule has 0 saturated carbocycles. The summed E-state index contributed by atoms with van der Waals surface area (Å²) in [5, 5.41) is 6.81. The number of hydrogen-bond acceptors (Lipinski definition) is 7. The van der Waals surface area contributed by atoms with Crippen molar-refractivity contribution in [3.8, 4) is 0 Å². The maximum atomic E-state index is 12.8. The molecule has 5 rings (SSSR count). The second-order valence-corrected chi connectivity index (χ2v) is 9.21. The van der Waals surface area contributed by atoms with Crippen LogP contribution in [-0.4, -0.2) is 38.6 Å². The van der Waals surface area contributed by atoms with E-state index in [1.54, 1.807) is 4.57 Å². The van der Waals surface area contributed by atoms with E-state index in [1.807, 2.05) is 0 Å². The standard InChI is InChI=1S/C18H19N5O3S2/c24-13(22-17-20-12-5-2-6-19-15(25)14(12)28-17)7-9-8-27-18-21-11-4-1-3-10(11)16(26)23(9)18/h9H,1-8H2,(H,19,25)(H,20,22,24). The third-order valence-corrected chi connectivity index (χ3v) is 7.43. The van der Waals surface area contributed by atoms with E-state index in [9.17, 15) is 14.4 Å². The highest BCUT2D eigenvalue weighted by Crippen LogP contribution is 2.34. The molecule has 0 aromatic carbocycles. The third kappa shape index (κ3) is 3.04. The lowest BCUT2D eigenvalue weighted by atomic mass is 10.2. The molecule has 1 unspecified atom stereocenters. The summed E-state index contributed by atoms with van der Waals surface area (Å²) in [6.45, 7) is 0.648. The third-order valence-electron chi connectivity index (χ3n) is 5.32. The van der Waals surface area contributed by atoms with E-state index < -0.39 is 0 Å². The highest BCUT2D eigenvalue weighted by atomic mass is 32.2. The van der Waals surface area contributed by atoms with E-state index in [1.165, 1.54) is 23.1 Å². The van der Waals surface area contributed by atoms with Gasteiger partial charge in [-0.15, -0.1) is 0 Å². The Kier molecular flexibility index (Phi) is 4.47. The smallest absolute Gasteiger partial charge is 0.263 e. The molecule has 1 atom stereocenters. The summed E-state index contributed by atoms with van der Waals surface area (Å²) in [6, 6.07) is -0.202. The molecule has 0 bridgehead atoms. The molecular formula is C18H19N5O3S2. The van der Waals surface area contributed by atoms with Crippen molar-refractivity contribution in [3.05, 3.63) is 32.2 Å². The molecule has 0 spiro atoms. The number of thioether (sulfide) groups is 1. The van der Waals surface area contributed by atoms with E-state index in [0.717, 1.165) is 54.2 Å². The van der Waals surface area contributed by atoms with Crippen molar-refractivity contribution in [2.45, 2.75) is 49.7 Å². The fourth-order valence-electron chi connectivity index (χ4n) is 3.98. The number of hydrogen-bond donors (Lipinski definition) is 2. The van der Waals surface area contributed by atoms with Gasteiger partial charge >= 0.3 is 0 Å². The number of aryl methyl sites for hydroxylation is 2. The number of nitrogens with zero attached hydrogens (tertiary/aromatic N) is 3. The SMILES string of the molecule is O=C(CC1CSc2nc3c(c(=O)n21)CCC3)Nc1nc2c(s1)C(=O)NCCC2. The number of rotatable bonds is 3. The van der Waals surface area contributed by atoms with Crippen molar-refractivity contribution in [1.82, 2.24) is 19.9 Å². The van der Waals surface area contributed by atoms with Crippen molar-refractivity contribution in [3.63, 3.8) is 0 Å². The molecule has 3 aliphatic rings. The summed E-state index contributed by atoms with van der Waals surface area (Å²) in [7, 11) is 0. The number of carbonyl (C=O) groups excluding carboxylic acids is 2. The highest BCUT2D eigenvalue weighted by molar-refractivity contribution is 7.99. The summed E-state index contributed by atoms with van der Waals surface area (Å²) in [5.74, 6) is 0.336. The van der Waals surface area contributed by atoms with Crippen LogP contribution in [0.4, 0.5) is 5.13 Å². The predicted octanol–water partition coefficient (Wildman–Crippen LogP) is 1.54. The van der Waals surface area contributed by atoms with Gasteiger partial charge in [0.1, 0.15) is 4.88 Å². The van der Waals surface area contributed by atoms with Crippen molar-refractivity contribution in [2.75, 3.05) is 17.6 Å². The predicted molar refractivity (Wildman–Crippen MR) is 106 cm³/mol. The summed E-state index contributed by atoms with van der Waals surface area (Å²) < 4.78 is 1.69. The number of thiazole rings is 1. The Morgan fingerprint density at radius 2 is 2.04 bits per heavy atom. The van der Waals surface area contributed by atoms with Gasteiger partial charge in [0.05, 0.1) is 17.4 Å². The van der Waals surface area contributed by atoms with Crippen LogP contribution in [0.3, 0.4) is 0 Å². The minimum absolute atomic E-state index is 0.0120. The number of aromatic nitrogens is 3. The van der Waals surface area contributed by atoms with Gasteiger partial charge in [0, 0.05) is 24.3 Å². The zero-order valence-corrected chi connectivity index (χ0v) is 16.8. The van der Waals surface area contributed by atoms with Gasteiger partial charge in [-0.3, -0.25) is 19.0 Å². The van der Waals surface area contributed by atoms with Crippen LogP contribution in [0.1, 0.15) is 51.9 Å². The second-order valence-electron chi connectivity index (χ2n) is 7.22. The molecule has 2 aromatic rings. The second kappa shape index (κ2) is 7.00. The topological polar surface area (TPSA) is 106 Å². The first-order chi connectivity index (χ1) is 13.6. The van der Waals surface area contributed by atoms with Gasteiger partial charge in [-0.25, -0.2) is 9.97 Å². The molecule has 0 saturated heterocycles. The summed E-state index contributed by atoms with van der Waals surface area (Å²) in [6.07, 6.45) is 4.37. The van der Waals surface area contributed by atoms with Crippen LogP contribution >= 0.6 is 23.1 Å². The molecule has 1 aliphatic carbocycles. The Balaban J connectivity index is 1.33. The molecule has 28 heavy (non-hydrogen) atoms. The van der Waals surface area contributed by atoms with Gasteiger partial charge in [0.15, 0.2) is 10.3 Å². The molecule has 146 valence electrons. The Labute approximate surface area is 169 Å². The van der Waals surface area contributed by atoms with Crippen LogP contribution in [-0.2, 0) is 24.1 Å². The number of fused-ring (bicyclic) bond motifs is 3. The number of nitrogens with one attached hydrogen (secondary N) is 2. The first-order valence-corrected chi connectivity index (χ1v) is 11.2. The Bertz CT molecular complexity index is 1040. The Morgan fingerprint density at radius 1 is 1.18 bits per heavy atom. The quantitative estimate of drug-likeness (QED) is 0.734. The van der Waals surface area contributed by atoms with Crippen LogP contribution in [0.15, 0.2) is 9.95 Å².